The van der Waals surface area contributed by atoms with Crippen molar-refractivity contribution in [3.8, 4) is 0 Å². The van der Waals surface area contributed by atoms with E-state index < -0.39 is 6.09 Å². The van der Waals surface area contributed by atoms with E-state index in [1.807, 2.05) is 0 Å². The molecule has 0 radical (unpaired) electrons. The Kier molecular flexibility index (Phi) is 7.33. The number of carbonyl (C=O) groups is 2. The maximum absolute atomic E-state index is 11.1. The van der Waals surface area contributed by atoms with Gasteiger partial charge < -0.3 is 14.8 Å². The van der Waals surface area contributed by atoms with Crippen molar-refractivity contribution in [3.05, 3.63) is 0 Å². The molecule has 1 amide bonds. The molecular weight excluding hydrogens is 210 g/mol. The molecule has 0 bridgehead atoms. The quantitative estimate of drug-likeness (QED) is 0.559. The lowest BCUT2D eigenvalue weighted by Gasteiger charge is -2.10. The van der Waals surface area contributed by atoms with Gasteiger partial charge in [0, 0.05) is 13.0 Å². The second-order valence-corrected chi connectivity index (χ2v) is 4.02. The predicted octanol–water partition coefficient (Wildman–Crippen LogP) is 1.85. The molecule has 0 unspecified atom stereocenters. The minimum absolute atomic E-state index is 0.0913. The second kappa shape index (κ2) is 7.96. The van der Waals surface area contributed by atoms with Gasteiger partial charge in [0.25, 0.3) is 0 Å². The molecule has 0 saturated heterocycles. The minimum Gasteiger partial charge on any atom is -0.463 e. The van der Waals surface area contributed by atoms with Crippen LogP contribution < -0.4 is 5.32 Å². The van der Waals surface area contributed by atoms with Crippen molar-refractivity contribution in [2.75, 3.05) is 6.54 Å². The first-order valence-electron chi connectivity index (χ1n) is 5.55. The Morgan fingerprint density at radius 1 is 1.06 bits per heavy atom. The summed E-state index contributed by atoms with van der Waals surface area (Å²) < 4.78 is 9.79. The fraction of sp³-hybridized carbons (Fsp3) is 0.818. The van der Waals surface area contributed by atoms with Crippen LogP contribution in [0.25, 0.3) is 0 Å². The summed E-state index contributed by atoms with van der Waals surface area (Å²) in [5.41, 5.74) is 0. The maximum Gasteiger partial charge on any atom is 0.407 e. The molecule has 0 aliphatic rings. The van der Waals surface area contributed by atoms with Crippen LogP contribution in [0.2, 0.25) is 0 Å². The van der Waals surface area contributed by atoms with Gasteiger partial charge in [-0.25, -0.2) is 4.79 Å². The fourth-order valence-corrected chi connectivity index (χ4v) is 1.00. The van der Waals surface area contributed by atoms with Gasteiger partial charge in [-0.2, -0.15) is 0 Å². The summed E-state index contributed by atoms with van der Waals surface area (Å²) in [5, 5.41) is 2.55. The molecule has 0 saturated carbocycles. The van der Waals surface area contributed by atoms with Gasteiger partial charge in [0.05, 0.1) is 12.2 Å². The van der Waals surface area contributed by atoms with Gasteiger partial charge >= 0.3 is 12.1 Å². The fourth-order valence-electron chi connectivity index (χ4n) is 1.00. The van der Waals surface area contributed by atoms with Crippen molar-refractivity contribution in [2.45, 2.75) is 52.7 Å². The van der Waals surface area contributed by atoms with Crippen LogP contribution in [0.4, 0.5) is 4.79 Å². The highest BCUT2D eigenvalue weighted by Gasteiger charge is 2.07. The first-order chi connectivity index (χ1) is 7.41. The molecule has 5 nitrogen and oxygen atoms in total. The topological polar surface area (TPSA) is 64.6 Å². The Hall–Kier alpha value is -1.26. The largest absolute Gasteiger partial charge is 0.463 e. The molecule has 94 valence electrons. The zero-order chi connectivity index (χ0) is 12.6. The summed E-state index contributed by atoms with van der Waals surface area (Å²) in [7, 11) is 0. The lowest BCUT2D eigenvalue weighted by Crippen LogP contribution is -2.28. The molecule has 16 heavy (non-hydrogen) atoms. The standard InChI is InChI=1S/C11H21NO4/c1-8(2)15-10(13)6-5-7-12-11(14)16-9(3)4/h8-9H,5-7H2,1-4H3,(H,12,14). The Bertz CT molecular complexity index is 202. The highest BCUT2D eigenvalue weighted by atomic mass is 16.6. The molecule has 0 rings (SSSR count). The molecule has 1 N–H and O–H groups in total. The van der Waals surface area contributed by atoms with Gasteiger partial charge in [0.2, 0.25) is 0 Å². The third-order valence-electron chi connectivity index (χ3n) is 1.54. The number of ether oxygens (including phenoxy) is 2. The van der Waals surface area contributed by atoms with Gasteiger partial charge in [0.15, 0.2) is 0 Å². The van der Waals surface area contributed by atoms with Crippen molar-refractivity contribution < 1.29 is 19.1 Å². The van der Waals surface area contributed by atoms with E-state index in [1.54, 1.807) is 27.7 Å². The number of hydrogen-bond acceptors (Lipinski definition) is 4. The number of carbonyl (C=O) groups excluding carboxylic acids is 2. The van der Waals surface area contributed by atoms with Crippen LogP contribution in [0, 0.1) is 0 Å². The monoisotopic (exact) mass is 231 g/mol. The van der Waals surface area contributed by atoms with Crippen molar-refractivity contribution in [1.29, 1.82) is 0 Å². The Labute approximate surface area is 96.5 Å². The van der Waals surface area contributed by atoms with Crippen molar-refractivity contribution in [3.63, 3.8) is 0 Å². The smallest absolute Gasteiger partial charge is 0.407 e. The number of rotatable bonds is 6. The number of hydrogen-bond donors (Lipinski definition) is 1. The van der Waals surface area contributed by atoms with Gasteiger partial charge in [-0.05, 0) is 34.1 Å². The first kappa shape index (κ1) is 14.7. The van der Waals surface area contributed by atoms with E-state index >= 15 is 0 Å². The number of alkyl carbamates (subject to hydrolysis) is 1. The molecule has 0 aliphatic carbocycles. The normalized spacial score (nSPS) is 10.4. The average Bonchev–Trinajstić information content (AvgIpc) is 2.10. The molecule has 0 fully saturated rings. The molecule has 0 aromatic heterocycles. The average molecular weight is 231 g/mol. The van der Waals surface area contributed by atoms with Crippen molar-refractivity contribution in [2.24, 2.45) is 0 Å². The molecule has 5 heteroatoms. The molecule has 0 aromatic rings. The molecular formula is C11H21NO4. The van der Waals surface area contributed by atoms with E-state index in [9.17, 15) is 9.59 Å². The highest BCUT2D eigenvalue weighted by molar-refractivity contribution is 5.70. The third-order valence-corrected chi connectivity index (χ3v) is 1.54. The summed E-state index contributed by atoms with van der Waals surface area (Å²) >= 11 is 0. The van der Waals surface area contributed by atoms with Crippen molar-refractivity contribution >= 4 is 12.1 Å². The van der Waals surface area contributed by atoms with E-state index in [-0.39, 0.29) is 18.2 Å². The number of nitrogens with one attached hydrogen (secondary N) is 1. The van der Waals surface area contributed by atoms with Crippen LogP contribution in [0.3, 0.4) is 0 Å². The Morgan fingerprint density at radius 3 is 2.12 bits per heavy atom. The Morgan fingerprint density at radius 2 is 1.62 bits per heavy atom. The summed E-state index contributed by atoms with van der Waals surface area (Å²) in [5.74, 6) is -0.242. The van der Waals surface area contributed by atoms with Gasteiger partial charge in [-0.15, -0.1) is 0 Å². The summed E-state index contributed by atoms with van der Waals surface area (Å²) in [4.78, 5) is 22.1. The van der Waals surface area contributed by atoms with E-state index in [0.717, 1.165) is 0 Å². The van der Waals surface area contributed by atoms with Crippen LogP contribution in [0.15, 0.2) is 0 Å². The van der Waals surface area contributed by atoms with Crippen LogP contribution >= 0.6 is 0 Å². The number of esters is 1. The lowest BCUT2D eigenvalue weighted by molar-refractivity contribution is -0.147. The van der Waals surface area contributed by atoms with E-state index in [1.165, 1.54) is 0 Å². The maximum atomic E-state index is 11.1. The van der Waals surface area contributed by atoms with Crippen LogP contribution in [0.1, 0.15) is 40.5 Å². The van der Waals surface area contributed by atoms with Gasteiger partial charge in [-0.1, -0.05) is 0 Å². The van der Waals surface area contributed by atoms with E-state index in [0.29, 0.717) is 19.4 Å². The third kappa shape index (κ3) is 9.30. The van der Waals surface area contributed by atoms with Gasteiger partial charge in [-0.3, -0.25) is 4.79 Å². The van der Waals surface area contributed by atoms with Gasteiger partial charge in [0.1, 0.15) is 0 Å². The second-order valence-electron chi connectivity index (χ2n) is 4.02. The number of amides is 1. The molecule has 0 aromatic carbocycles. The zero-order valence-corrected chi connectivity index (χ0v) is 10.4. The molecule has 0 heterocycles. The van der Waals surface area contributed by atoms with Crippen molar-refractivity contribution in [1.82, 2.24) is 5.32 Å². The molecule has 0 aliphatic heterocycles. The van der Waals surface area contributed by atoms with Crippen LogP contribution in [0.5, 0.6) is 0 Å². The van der Waals surface area contributed by atoms with E-state index in [4.69, 9.17) is 9.47 Å². The molecule has 0 spiro atoms. The summed E-state index contributed by atoms with van der Waals surface area (Å²) in [6.07, 6.45) is 0.184. The van der Waals surface area contributed by atoms with Crippen LogP contribution in [-0.4, -0.2) is 30.8 Å². The highest BCUT2D eigenvalue weighted by Crippen LogP contribution is 1.96. The summed E-state index contributed by atoms with van der Waals surface area (Å²) in [6, 6.07) is 0. The first-order valence-corrected chi connectivity index (χ1v) is 5.55. The van der Waals surface area contributed by atoms with Crippen LogP contribution in [-0.2, 0) is 14.3 Å². The lowest BCUT2D eigenvalue weighted by atomic mass is 10.3. The Balaban J connectivity index is 3.46. The van der Waals surface area contributed by atoms with E-state index in [2.05, 4.69) is 5.32 Å². The predicted molar refractivity (Wildman–Crippen MR) is 60.1 cm³/mol. The zero-order valence-electron chi connectivity index (χ0n) is 10.4. The molecule has 0 atom stereocenters. The minimum atomic E-state index is -0.452. The summed E-state index contributed by atoms with van der Waals surface area (Å²) in [6.45, 7) is 7.57. The SMILES string of the molecule is CC(C)OC(=O)CCCNC(=O)OC(C)C.